The van der Waals surface area contributed by atoms with Crippen LogP contribution in [0.4, 0.5) is 5.69 Å². The molecule has 2 rings (SSSR count). The summed E-state index contributed by atoms with van der Waals surface area (Å²) in [5.41, 5.74) is 1.20. The van der Waals surface area contributed by atoms with Crippen molar-refractivity contribution in [3.8, 4) is 0 Å². The molecule has 0 aliphatic rings. The van der Waals surface area contributed by atoms with Gasteiger partial charge in [0.1, 0.15) is 0 Å². The van der Waals surface area contributed by atoms with E-state index in [-0.39, 0.29) is 0 Å². The van der Waals surface area contributed by atoms with Crippen molar-refractivity contribution in [2.45, 2.75) is 6.04 Å². The molecule has 6 heteroatoms. The van der Waals surface area contributed by atoms with Gasteiger partial charge in [-0.05, 0) is 17.7 Å². The Morgan fingerprint density at radius 2 is 1.57 bits per heavy atom. The monoisotopic (exact) mass is 314 g/mol. The molecule has 2 aromatic rings. The average molecular weight is 314 g/mol. The third kappa shape index (κ3) is 3.67. The van der Waals surface area contributed by atoms with Gasteiger partial charge in [-0.25, -0.2) is 5.84 Å². The summed E-state index contributed by atoms with van der Waals surface area (Å²) >= 11 is 0. The molecule has 2 unspecified atom stereocenters. The molecule has 0 aliphatic heterocycles. The lowest BCUT2D eigenvalue weighted by atomic mass is 9.92. The van der Waals surface area contributed by atoms with E-state index in [0.717, 1.165) is 7.11 Å². The Hall–Kier alpha value is -2.86. The van der Waals surface area contributed by atoms with Crippen molar-refractivity contribution in [3.05, 3.63) is 66.2 Å². The van der Waals surface area contributed by atoms with Crippen LogP contribution < -0.4 is 10.9 Å². The number of nitrogens with two attached hydrogens (primary N) is 1. The standard InChI is InChI=1S/C17H18N2O4/c1-23-17(22)14(16(20)21)15(12-8-4-2-5-9-12)19(18)13-10-6-3-7-11-13/h2-11,14-15H,18H2,1H3,(H,20,21). The molecule has 120 valence electrons. The minimum absolute atomic E-state index is 0.594. The maximum Gasteiger partial charge on any atom is 0.322 e. The van der Waals surface area contributed by atoms with Gasteiger partial charge in [0.2, 0.25) is 0 Å². The van der Waals surface area contributed by atoms with Crippen molar-refractivity contribution in [1.29, 1.82) is 0 Å². The van der Waals surface area contributed by atoms with E-state index in [0.29, 0.717) is 11.3 Å². The van der Waals surface area contributed by atoms with E-state index >= 15 is 0 Å². The summed E-state index contributed by atoms with van der Waals surface area (Å²) in [4.78, 5) is 23.7. The quantitative estimate of drug-likeness (QED) is 0.366. The number of carbonyl (C=O) groups excluding carboxylic acids is 1. The number of nitrogens with zero attached hydrogens (tertiary/aromatic N) is 1. The zero-order valence-electron chi connectivity index (χ0n) is 12.6. The fraction of sp³-hybridized carbons (Fsp3) is 0.176. The number of carboxylic acids is 1. The molecule has 0 heterocycles. The number of ether oxygens (including phenoxy) is 1. The zero-order valence-corrected chi connectivity index (χ0v) is 12.6. The second kappa shape index (κ2) is 7.42. The highest BCUT2D eigenvalue weighted by molar-refractivity contribution is 5.95. The molecule has 0 radical (unpaired) electrons. The van der Waals surface area contributed by atoms with Crippen LogP contribution in [-0.2, 0) is 14.3 Å². The van der Waals surface area contributed by atoms with Crippen molar-refractivity contribution < 1.29 is 19.4 Å². The summed E-state index contributed by atoms with van der Waals surface area (Å²) in [5, 5.41) is 10.8. The predicted molar refractivity (Wildman–Crippen MR) is 85.4 cm³/mol. The van der Waals surface area contributed by atoms with Gasteiger partial charge in [-0.2, -0.15) is 0 Å². The molecular weight excluding hydrogens is 296 g/mol. The zero-order chi connectivity index (χ0) is 16.8. The average Bonchev–Trinajstić information content (AvgIpc) is 2.59. The van der Waals surface area contributed by atoms with Crippen LogP contribution in [0.3, 0.4) is 0 Å². The van der Waals surface area contributed by atoms with E-state index in [1.807, 2.05) is 6.07 Å². The third-order valence-electron chi connectivity index (χ3n) is 3.53. The summed E-state index contributed by atoms with van der Waals surface area (Å²) in [5.74, 6) is 2.57. The summed E-state index contributed by atoms with van der Waals surface area (Å²) in [7, 11) is 1.16. The summed E-state index contributed by atoms with van der Waals surface area (Å²) in [6.07, 6.45) is 0. The molecule has 3 N–H and O–H groups in total. The number of rotatable bonds is 6. The maximum absolute atomic E-state index is 12.0. The van der Waals surface area contributed by atoms with Crippen molar-refractivity contribution in [3.63, 3.8) is 0 Å². The molecule has 0 amide bonds. The number of carboxylic acid groups (broad SMARTS) is 1. The number of hydrogen-bond acceptors (Lipinski definition) is 5. The topological polar surface area (TPSA) is 92.9 Å². The van der Waals surface area contributed by atoms with Crippen LogP contribution in [-0.4, -0.2) is 24.2 Å². The number of carbonyl (C=O) groups is 2. The molecule has 0 fully saturated rings. The number of para-hydroxylation sites is 1. The molecule has 0 aromatic heterocycles. The van der Waals surface area contributed by atoms with Gasteiger partial charge in [-0.1, -0.05) is 48.5 Å². The molecule has 2 atom stereocenters. The van der Waals surface area contributed by atoms with Crippen LogP contribution in [0.2, 0.25) is 0 Å². The van der Waals surface area contributed by atoms with Crippen LogP contribution in [0.5, 0.6) is 0 Å². The minimum atomic E-state index is -1.45. The van der Waals surface area contributed by atoms with Gasteiger partial charge in [-0.15, -0.1) is 0 Å². The Labute approximate surface area is 134 Å². The van der Waals surface area contributed by atoms with Gasteiger partial charge in [0.15, 0.2) is 5.92 Å². The van der Waals surface area contributed by atoms with Crippen molar-refractivity contribution >= 4 is 17.6 Å². The van der Waals surface area contributed by atoms with Gasteiger partial charge in [0.05, 0.1) is 18.8 Å². The highest BCUT2D eigenvalue weighted by atomic mass is 16.5. The van der Waals surface area contributed by atoms with Crippen LogP contribution >= 0.6 is 0 Å². The van der Waals surface area contributed by atoms with Crippen molar-refractivity contribution in [1.82, 2.24) is 0 Å². The van der Waals surface area contributed by atoms with Crippen molar-refractivity contribution in [2.75, 3.05) is 12.1 Å². The maximum atomic E-state index is 12.0. The largest absolute Gasteiger partial charge is 0.481 e. The second-order valence-corrected chi connectivity index (χ2v) is 4.94. The van der Waals surface area contributed by atoms with E-state index in [4.69, 9.17) is 5.84 Å². The number of benzene rings is 2. The fourth-order valence-corrected chi connectivity index (χ4v) is 2.42. The molecule has 0 spiro atoms. The van der Waals surface area contributed by atoms with Gasteiger partial charge >= 0.3 is 11.9 Å². The number of methoxy groups -OCH3 is 1. The van der Waals surface area contributed by atoms with Gasteiger partial charge < -0.3 is 14.9 Å². The van der Waals surface area contributed by atoms with E-state index in [1.54, 1.807) is 54.6 Å². The number of hydrogen-bond donors (Lipinski definition) is 2. The van der Waals surface area contributed by atoms with Crippen LogP contribution in [0.15, 0.2) is 60.7 Å². The first kappa shape index (κ1) is 16.5. The molecule has 2 aromatic carbocycles. The van der Waals surface area contributed by atoms with E-state index < -0.39 is 23.9 Å². The fourth-order valence-electron chi connectivity index (χ4n) is 2.42. The van der Waals surface area contributed by atoms with Gasteiger partial charge in [0, 0.05) is 0 Å². The highest BCUT2D eigenvalue weighted by Gasteiger charge is 2.40. The molecule has 0 saturated heterocycles. The first-order valence-electron chi connectivity index (χ1n) is 7.00. The third-order valence-corrected chi connectivity index (χ3v) is 3.53. The number of esters is 1. The van der Waals surface area contributed by atoms with Crippen LogP contribution in [0.1, 0.15) is 11.6 Å². The first-order chi connectivity index (χ1) is 11.1. The molecule has 23 heavy (non-hydrogen) atoms. The Kier molecular flexibility index (Phi) is 5.32. The summed E-state index contributed by atoms with van der Waals surface area (Å²) in [6.45, 7) is 0. The number of hydrazine groups is 1. The normalized spacial score (nSPS) is 13.0. The molecular formula is C17H18N2O4. The predicted octanol–water partition coefficient (Wildman–Crippen LogP) is 1.98. The van der Waals surface area contributed by atoms with Crippen LogP contribution in [0.25, 0.3) is 0 Å². The van der Waals surface area contributed by atoms with E-state index in [9.17, 15) is 14.7 Å². The molecule has 0 saturated carbocycles. The second-order valence-electron chi connectivity index (χ2n) is 4.94. The molecule has 6 nitrogen and oxygen atoms in total. The minimum Gasteiger partial charge on any atom is -0.481 e. The molecule has 0 aliphatic carbocycles. The first-order valence-corrected chi connectivity index (χ1v) is 7.00. The Bertz CT molecular complexity index is 661. The number of aliphatic carboxylic acids is 1. The van der Waals surface area contributed by atoms with Crippen molar-refractivity contribution in [2.24, 2.45) is 11.8 Å². The number of anilines is 1. The summed E-state index contributed by atoms with van der Waals surface area (Å²) in [6, 6.07) is 16.8. The molecule has 0 bridgehead atoms. The Morgan fingerprint density at radius 3 is 2.04 bits per heavy atom. The Morgan fingerprint density at radius 1 is 1.04 bits per heavy atom. The van der Waals surface area contributed by atoms with Crippen LogP contribution in [0, 0.1) is 5.92 Å². The summed E-state index contributed by atoms with van der Waals surface area (Å²) < 4.78 is 4.66. The van der Waals surface area contributed by atoms with E-state index in [1.165, 1.54) is 5.01 Å². The Balaban J connectivity index is 2.51. The van der Waals surface area contributed by atoms with Gasteiger partial charge in [0.25, 0.3) is 0 Å². The highest BCUT2D eigenvalue weighted by Crippen LogP contribution is 2.31. The lowest BCUT2D eigenvalue weighted by Gasteiger charge is -2.32. The van der Waals surface area contributed by atoms with E-state index in [2.05, 4.69) is 4.74 Å². The van der Waals surface area contributed by atoms with Gasteiger partial charge in [-0.3, -0.25) is 9.59 Å². The SMILES string of the molecule is COC(=O)C(C(=O)O)C(c1ccccc1)N(N)c1ccccc1. The lowest BCUT2D eigenvalue weighted by molar-refractivity contribution is -0.158. The lowest BCUT2D eigenvalue weighted by Crippen LogP contribution is -2.45. The smallest absolute Gasteiger partial charge is 0.322 e.